The lowest BCUT2D eigenvalue weighted by atomic mass is 10.3. The predicted octanol–water partition coefficient (Wildman–Crippen LogP) is -0.195. The lowest BCUT2D eigenvalue weighted by Gasteiger charge is -2.17. The van der Waals surface area contributed by atoms with E-state index >= 15 is 0 Å². The summed E-state index contributed by atoms with van der Waals surface area (Å²) in [7, 11) is -3.76. The normalized spacial score (nSPS) is 18.8. The number of nitrogen functional groups attached to an aromatic ring is 1. The summed E-state index contributed by atoms with van der Waals surface area (Å²) in [4.78, 5) is 8.59. The van der Waals surface area contributed by atoms with Gasteiger partial charge in [-0.3, -0.25) is 4.98 Å². The molecule has 1 fully saturated rings. The van der Waals surface area contributed by atoms with Crippen LogP contribution < -0.4 is 11.5 Å². The number of aryl methyl sites for hydroxylation is 1. The highest BCUT2D eigenvalue weighted by Crippen LogP contribution is 2.31. The first-order chi connectivity index (χ1) is 12.4. The Morgan fingerprint density at radius 3 is 2.77 bits per heavy atom. The fourth-order valence-electron chi connectivity index (χ4n) is 3.20. The lowest BCUT2D eigenvalue weighted by molar-refractivity contribution is 0.310. The number of rotatable bonds is 4. The summed E-state index contributed by atoms with van der Waals surface area (Å²) in [5.41, 5.74) is 12.8. The van der Waals surface area contributed by atoms with Gasteiger partial charge < -0.3 is 16.0 Å². The molecule has 4 heterocycles. The van der Waals surface area contributed by atoms with E-state index in [0.29, 0.717) is 36.4 Å². The van der Waals surface area contributed by atoms with Gasteiger partial charge in [-0.25, -0.2) is 18.0 Å². The molecule has 4 rings (SSSR count). The summed E-state index contributed by atoms with van der Waals surface area (Å²) in [6.45, 7) is 2.99. The predicted molar refractivity (Wildman–Crippen MR) is 92.3 cm³/mol. The highest BCUT2D eigenvalue weighted by Gasteiger charge is 2.34. The van der Waals surface area contributed by atoms with Crippen molar-refractivity contribution in [2.45, 2.75) is 30.8 Å². The standard InChI is InChI=1S/C14H18N8O3S/c1-2-22-12-9(18-14(22)11-13(16)20-25-19-11)5-17-6-10(12)26(23,24)21-4-3-8(15)7-21/h5-6,8H,2-4,7,15H2,1H3,(H2,16,20)/t8-/m1/s1. The van der Waals surface area contributed by atoms with Gasteiger partial charge in [0.25, 0.3) is 0 Å². The molecular formula is C14H18N8O3S. The van der Waals surface area contributed by atoms with Crippen LogP contribution in [0.4, 0.5) is 5.82 Å². The summed E-state index contributed by atoms with van der Waals surface area (Å²) in [6.07, 6.45) is 3.47. The number of imidazole rings is 1. The average molecular weight is 378 g/mol. The fourth-order valence-corrected chi connectivity index (χ4v) is 4.86. The van der Waals surface area contributed by atoms with Crippen LogP contribution in [0.3, 0.4) is 0 Å². The van der Waals surface area contributed by atoms with Crippen LogP contribution in [0.1, 0.15) is 13.3 Å². The molecule has 0 radical (unpaired) electrons. The topological polar surface area (TPSA) is 159 Å². The first kappa shape index (κ1) is 16.9. The maximum Gasteiger partial charge on any atom is 0.246 e. The van der Waals surface area contributed by atoms with Gasteiger partial charge in [0.1, 0.15) is 10.4 Å². The largest absolute Gasteiger partial charge is 0.379 e. The summed E-state index contributed by atoms with van der Waals surface area (Å²) in [5, 5.41) is 7.34. The number of hydrogen-bond acceptors (Lipinski definition) is 9. The second kappa shape index (κ2) is 6.00. The van der Waals surface area contributed by atoms with Crippen LogP contribution in [-0.2, 0) is 16.6 Å². The Labute approximate surface area is 149 Å². The van der Waals surface area contributed by atoms with E-state index in [4.69, 9.17) is 11.5 Å². The van der Waals surface area contributed by atoms with Crippen LogP contribution in [0, 0.1) is 0 Å². The molecule has 26 heavy (non-hydrogen) atoms. The number of nitrogens with two attached hydrogens (primary N) is 2. The third-order valence-corrected chi connectivity index (χ3v) is 6.33. The summed E-state index contributed by atoms with van der Waals surface area (Å²) in [5.74, 6) is 0.460. The Bertz CT molecular complexity index is 1070. The molecule has 138 valence electrons. The Hall–Kier alpha value is -2.57. The first-order valence-corrected chi connectivity index (χ1v) is 9.55. The third kappa shape index (κ3) is 2.45. The maximum atomic E-state index is 13.1. The molecule has 3 aromatic heterocycles. The first-order valence-electron chi connectivity index (χ1n) is 8.11. The van der Waals surface area contributed by atoms with Crippen molar-refractivity contribution in [3.63, 3.8) is 0 Å². The molecule has 3 aromatic rings. The Balaban J connectivity index is 1.95. The minimum atomic E-state index is -3.76. The monoisotopic (exact) mass is 378 g/mol. The molecule has 0 saturated carbocycles. The van der Waals surface area contributed by atoms with Crippen LogP contribution in [0.2, 0.25) is 0 Å². The van der Waals surface area contributed by atoms with E-state index in [-0.39, 0.29) is 29.0 Å². The van der Waals surface area contributed by atoms with Crippen molar-refractivity contribution in [3.8, 4) is 11.5 Å². The molecule has 0 bridgehead atoms. The van der Waals surface area contributed by atoms with Crippen molar-refractivity contribution in [2.24, 2.45) is 5.73 Å². The van der Waals surface area contributed by atoms with Gasteiger partial charge in [-0.15, -0.1) is 0 Å². The van der Waals surface area contributed by atoms with Gasteiger partial charge in [-0.05, 0) is 23.7 Å². The lowest BCUT2D eigenvalue weighted by Crippen LogP contribution is -2.32. The third-order valence-electron chi connectivity index (χ3n) is 4.46. The van der Waals surface area contributed by atoms with Crippen LogP contribution in [0.5, 0.6) is 0 Å². The molecule has 11 nitrogen and oxygen atoms in total. The molecule has 0 aliphatic carbocycles. The zero-order valence-electron chi connectivity index (χ0n) is 14.0. The molecule has 0 spiro atoms. The Morgan fingerprint density at radius 2 is 2.15 bits per heavy atom. The second-order valence-electron chi connectivity index (χ2n) is 6.09. The van der Waals surface area contributed by atoms with Crippen molar-refractivity contribution in [3.05, 3.63) is 12.4 Å². The Morgan fingerprint density at radius 1 is 1.35 bits per heavy atom. The highest BCUT2D eigenvalue weighted by molar-refractivity contribution is 7.89. The molecule has 1 aliphatic rings. The molecule has 1 aliphatic heterocycles. The second-order valence-corrected chi connectivity index (χ2v) is 8.00. The molecule has 0 aromatic carbocycles. The SMILES string of the molecule is CCn1c(-c2nonc2N)nc2cncc(S(=O)(=O)N3CC[C@@H](N)C3)c21. The zero-order chi connectivity index (χ0) is 18.5. The van der Waals surface area contributed by atoms with E-state index in [1.165, 1.54) is 16.7 Å². The van der Waals surface area contributed by atoms with E-state index in [1.54, 1.807) is 4.57 Å². The molecule has 12 heteroatoms. The summed E-state index contributed by atoms with van der Waals surface area (Å²) >= 11 is 0. The number of fused-ring (bicyclic) bond motifs is 1. The fraction of sp³-hybridized carbons (Fsp3) is 0.429. The van der Waals surface area contributed by atoms with Crippen molar-refractivity contribution >= 4 is 26.9 Å². The van der Waals surface area contributed by atoms with Crippen LogP contribution in [0.25, 0.3) is 22.6 Å². The van der Waals surface area contributed by atoms with Gasteiger partial charge in [0.15, 0.2) is 17.3 Å². The van der Waals surface area contributed by atoms with Crippen LogP contribution in [0.15, 0.2) is 21.9 Å². The van der Waals surface area contributed by atoms with Crippen molar-refractivity contribution in [2.75, 3.05) is 18.8 Å². The quantitative estimate of drug-likeness (QED) is 0.627. The van der Waals surface area contributed by atoms with Gasteiger partial charge in [-0.1, -0.05) is 0 Å². The van der Waals surface area contributed by atoms with E-state index in [9.17, 15) is 8.42 Å². The van der Waals surface area contributed by atoms with E-state index in [2.05, 4.69) is 24.9 Å². The summed E-state index contributed by atoms with van der Waals surface area (Å²) in [6, 6.07) is -0.162. The molecule has 0 amide bonds. The summed E-state index contributed by atoms with van der Waals surface area (Å²) < 4.78 is 34.0. The number of pyridine rings is 1. The number of aromatic nitrogens is 5. The Kier molecular flexibility index (Phi) is 3.89. The highest BCUT2D eigenvalue weighted by atomic mass is 32.2. The number of hydrogen-bond donors (Lipinski definition) is 2. The zero-order valence-corrected chi connectivity index (χ0v) is 14.8. The number of nitrogens with zero attached hydrogens (tertiary/aromatic N) is 6. The van der Waals surface area contributed by atoms with Crippen molar-refractivity contribution < 1.29 is 13.0 Å². The van der Waals surface area contributed by atoms with E-state index in [0.717, 1.165) is 0 Å². The average Bonchev–Trinajstić information content (AvgIpc) is 3.31. The number of anilines is 1. The van der Waals surface area contributed by atoms with Gasteiger partial charge in [0, 0.05) is 31.9 Å². The van der Waals surface area contributed by atoms with Gasteiger partial charge in [0.2, 0.25) is 10.0 Å². The maximum absolute atomic E-state index is 13.1. The molecule has 4 N–H and O–H groups in total. The molecule has 0 unspecified atom stereocenters. The van der Waals surface area contributed by atoms with E-state index in [1.807, 2.05) is 6.92 Å². The van der Waals surface area contributed by atoms with Crippen molar-refractivity contribution in [1.82, 2.24) is 29.2 Å². The van der Waals surface area contributed by atoms with Gasteiger partial charge in [-0.2, -0.15) is 4.31 Å². The van der Waals surface area contributed by atoms with Crippen LogP contribution in [-0.4, -0.2) is 56.7 Å². The van der Waals surface area contributed by atoms with Gasteiger partial charge in [0.05, 0.1) is 11.7 Å². The van der Waals surface area contributed by atoms with E-state index < -0.39 is 10.0 Å². The minimum Gasteiger partial charge on any atom is -0.379 e. The molecule has 1 saturated heterocycles. The minimum absolute atomic E-state index is 0.0814. The van der Waals surface area contributed by atoms with Gasteiger partial charge >= 0.3 is 0 Å². The molecule has 1 atom stereocenters. The molecular weight excluding hydrogens is 360 g/mol. The van der Waals surface area contributed by atoms with Crippen molar-refractivity contribution in [1.29, 1.82) is 0 Å². The smallest absolute Gasteiger partial charge is 0.246 e. The number of sulfonamides is 1. The van der Waals surface area contributed by atoms with Crippen LogP contribution >= 0.6 is 0 Å².